The first-order chi connectivity index (χ1) is 8.91. The van der Waals surface area contributed by atoms with Crippen molar-refractivity contribution < 1.29 is 0 Å². The van der Waals surface area contributed by atoms with E-state index in [9.17, 15) is 0 Å². The van der Waals surface area contributed by atoms with Crippen LogP contribution in [0.2, 0.25) is 0 Å². The Hall–Kier alpha value is -1.13. The molecular formula is C15H20BrN3. The van der Waals surface area contributed by atoms with Crippen LogP contribution in [0.4, 0.5) is 0 Å². The molecule has 102 valence electrons. The van der Waals surface area contributed by atoms with Crippen LogP contribution in [-0.2, 0) is 12.0 Å². The van der Waals surface area contributed by atoms with Crippen LogP contribution in [0.3, 0.4) is 0 Å². The fourth-order valence-electron chi connectivity index (χ4n) is 1.95. The summed E-state index contributed by atoms with van der Waals surface area (Å²) in [6.45, 7) is 7.43. The smallest absolute Gasteiger partial charge is 0.138 e. The van der Waals surface area contributed by atoms with Gasteiger partial charge in [0.2, 0.25) is 0 Å². The number of hydrogen-bond acceptors (Lipinski definition) is 2. The molecule has 0 bridgehead atoms. The molecule has 0 aliphatic carbocycles. The van der Waals surface area contributed by atoms with Gasteiger partial charge in [-0.2, -0.15) is 0 Å². The van der Waals surface area contributed by atoms with E-state index in [1.807, 2.05) is 7.05 Å². The summed E-state index contributed by atoms with van der Waals surface area (Å²) in [4.78, 5) is 7.85. The number of hydrogen-bond donors (Lipinski definition) is 2. The van der Waals surface area contributed by atoms with Gasteiger partial charge in [0.1, 0.15) is 10.4 Å². The maximum absolute atomic E-state index is 4.51. The zero-order chi connectivity index (χ0) is 14.0. The summed E-state index contributed by atoms with van der Waals surface area (Å²) in [6, 6.07) is 8.58. The minimum Gasteiger partial charge on any atom is -0.340 e. The number of nitrogens with one attached hydrogen (secondary N) is 2. The summed E-state index contributed by atoms with van der Waals surface area (Å²) in [5.41, 5.74) is 3.69. The standard InChI is InChI=1S/C15H20BrN3/c1-15(2,3)11-7-5-10(6-8-11)14-18-12(9-17-4)13(16)19-14/h5-8,17H,9H2,1-4H3,(H,18,19). The molecule has 2 N–H and O–H groups in total. The molecule has 0 atom stereocenters. The molecule has 0 spiro atoms. The Morgan fingerprint density at radius 2 is 1.84 bits per heavy atom. The Bertz CT molecular complexity index is 550. The molecule has 1 heterocycles. The molecule has 0 amide bonds. The highest BCUT2D eigenvalue weighted by molar-refractivity contribution is 9.10. The van der Waals surface area contributed by atoms with E-state index in [0.717, 1.165) is 28.2 Å². The first-order valence-corrected chi connectivity index (χ1v) is 7.21. The lowest BCUT2D eigenvalue weighted by atomic mass is 9.87. The molecule has 2 aromatic rings. The maximum atomic E-state index is 4.51. The lowest BCUT2D eigenvalue weighted by Gasteiger charge is -2.18. The van der Waals surface area contributed by atoms with Gasteiger partial charge in [-0.25, -0.2) is 4.98 Å². The van der Waals surface area contributed by atoms with Crippen molar-refractivity contribution in [1.82, 2.24) is 15.3 Å². The molecule has 0 saturated heterocycles. The fraction of sp³-hybridized carbons (Fsp3) is 0.400. The molecule has 0 saturated carbocycles. The van der Waals surface area contributed by atoms with Crippen molar-refractivity contribution in [3.63, 3.8) is 0 Å². The van der Waals surface area contributed by atoms with Crippen molar-refractivity contribution in [3.05, 3.63) is 40.1 Å². The molecule has 19 heavy (non-hydrogen) atoms. The lowest BCUT2D eigenvalue weighted by Crippen LogP contribution is -2.10. The number of aromatic amines is 1. The summed E-state index contributed by atoms with van der Waals surface area (Å²) in [5, 5.41) is 3.12. The molecule has 0 aliphatic heterocycles. The van der Waals surface area contributed by atoms with Crippen molar-refractivity contribution >= 4 is 15.9 Å². The largest absolute Gasteiger partial charge is 0.340 e. The monoisotopic (exact) mass is 321 g/mol. The first kappa shape index (κ1) is 14.3. The second-order valence-electron chi connectivity index (χ2n) is 5.71. The highest BCUT2D eigenvalue weighted by Gasteiger charge is 2.14. The van der Waals surface area contributed by atoms with Gasteiger partial charge in [-0.05, 0) is 34.0 Å². The quantitative estimate of drug-likeness (QED) is 0.901. The van der Waals surface area contributed by atoms with Crippen molar-refractivity contribution in [3.8, 4) is 11.4 Å². The molecule has 0 aliphatic rings. The van der Waals surface area contributed by atoms with Gasteiger partial charge >= 0.3 is 0 Å². The maximum Gasteiger partial charge on any atom is 0.138 e. The predicted molar refractivity (Wildman–Crippen MR) is 83.2 cm³/mol. The van der Waals surface area contributed by atoms with Crippen LogP contribution >= 0.6 is 15.9 Å². The number of benzene rings is 1. The van der Waals surface area contributed by atoms with Crippen LogP contribution in [0, 0.1) is 0 Å². The minimum atomic E-state index is 0.180. The van der Waals surface area contributed by atoms with Gasteiger partial charge in [0.05, 0.1) is 5.69 Å². The van der Waals surface area contributed by atoms with E-state index in [0.29, 0.717) is 0 Å². The second kappa shape index (κ2) is 5.47. The molecule has 4 heteroatoms. The summed E-state index contributed by atoms with van der Waals surface area (Å²) < 4.78 is 0.872. The Morgan fingerprint density at radius 3 is 2.37 bits per heavy atom. The van der Waals surface area contributed by atoms with Crippen LogP contribution in [0.5, 0.6) is 0 Å². The van der Waals surface area contributed by atoms with Gasteiger partial charge in [-0.15, -0.1) is 0 Å². The third-order valence-electron chi connectivity index (χ3n) is 3.11. The Kier molecular flexibility index (Phi) is 4.11. The van der Waals surface area contributed by atoms with Gasteiger partial charge < -0.3 is 10.3 Å². The Labute approximate surface area is 123 Å². The fourth-order valence-corrected chi connectivity index (χ4v) is 2.36. The number of nitrogens with zero attached hydrogens (tertiary/aromatic N) is 1. The van der Waals surface area contributed by atoms with Gasteiger partial charge in [0.15, 0.2) is 0 Å². The van der Waals surface area contributed by atoms with Crippen LogP contribution in [0.25, 0.3) is 11.4 Å². The zero-order valence-corrected chi connectivity index (χ0v) is 13.4. The second-order valence-corrected chi connectivity index (χ2v) is 6.46. The topological polar surface area (TPSA) is 40.7 Å². The molecular weight excluding hydrogens is 302 g/mol. The van der Waals surface area contributed by atoms with Crippen LogP contribution in [-0.4, -0.2) is 17.0 Å². The number of aromatic nitrogens is 2. The van der Waals surface area contributed by atoms with E-state index < -0.39 is 0 Å². The van der Waals surface area contributed by atoms with Crippen molar-refractivity contribution in [2.75, 3.05) is 7.05 Å². The van der Waals surface area contributed by atoms with Crippen LogP contribution < -0.4 is 5.32 Å². The number of imidazole rings is 1. The number of H-pyrrole nitrogens is 1. The summed E-state index contributed by atoms with van der Waals surface area (Å²) >= 11 is 3.48. The predicted octanol–water partition coefficient (Wildman–Crippen LogP) is 3.86. The average molecular weight is 322 g/mol. The average Bonchev–Trinajstić information content (AvgIpc) is 2.71. The third-order valence-corrected chi connectivity index (χ3v) is 3.76. The molecule has 0 fully saturated rings. The van der Waals surface area contributed by atoms with E-state index >= 15 is 0 Å². The summed E-state index contributed by atoms with van der Waals surface area (Å²) in [5.74, 6) is 0.901. The normalized spacial score (nSPS) is 11.8. The molecule has 0 unspecified atom stereocenters. The van der Waals surface area contributed by atoms with Gasteiger partial charge in [0.25, 0.3) is 0 Å². The van der Waals surface area contributed by atoms with Gasteiger partial charge in [0, 0.05) is 12.1 Å². The van der Waals surface area contributed by atoms with Gasteiger partial charge in [-0.3, -0.25) is 0 Å². The minimum absolute atomic E-state index is 0.180. The Morgan fingerprint density at radius 1 is 1.21 bits per heavy atom. The highest BCUT2D eigenvalue weighted by atomic mass is 79.9. The van der Waals surface area contributed by atoms with E-state index in [1.165, 1.54) is 5.56 Å². The molecule has 2 rings (SSSR count). The van der Waals surface area contributed by atoms with E-state index in [4.69, 9.17) is 0 Å². The van der Waals surface area contributed by atoms with Crippen LogP contribution in [0.1, 0.15) is 32.0 Å². The lowest BCUT2D eigenvalue weighted by molar-refractivity contribution is 0.590. The van der Waals surface area contributed by atoms with E-state index in [1.54, 1.807) is 0 Å². The van der Waals surface area contributed by atoms with E-state index in [2.05, 4.69) is 76.3 Å². The number of rotatable bonds is 3. The third kappa shape index (κ3) is 3.25. The first-order valence-electron chi connectivity index (χ1n) is 6.41. The zero-order valence-electron chi connectivity index (χ0n) is 11.8. The van der Waals surface area contributed by atoms with Crippen LogP contribution in [0.15, 0.2) is 28.9 Å². The molecule has 3 nitrogen and oxygen atoms in total. The summed E-state index contributed by atoms with van der Waals surface area (Å²) in [6.07, 6.45) is 0. The molecule has 1 aromatic carbocycles. The van der Waals surface area contributed by atoms with Crippen molar-refractivity contribution in [1.29, 1.82) is 0 Å². The number of halogens is 1. The summed E-state index contributed by atoms with van der Waals surface area (Å²) in [7, 11) is 1.92. The van der Waals surface area contributed by atoms with E-state index in [-0.39, 0.29) is 5.41 Å². The van der Waals surface area contributed by atoms with Crippen molar-refractivity contribution in [2.24, 2.45) is 0 Å². The SMILES string of the molecule is CNCc1[nH]c(-c2ccc(C(C)(C)C)cc2)nc1Br. The Balaban J connectivity index is 2.30. The van der Waals surface area contributed by atoms with Crippen molar-refractivity contribution in [2.45, 2.75) is 32.7 Å². The highest BCUT2D eigenvalue weighted by Crippen LogP contribution is 2.26. The van der Waals surface area contributed by atoms with Gasteiger partial charge in [-0.1, -0.05) is 45.0 Å². The molecule has 1 aromatic heterocycles. The molecule has 0 radical (unpaired) electrons.